The lowest BCUT2D eigenvalue weighted by atomic mass is 10.0. The number of hydrogen-bond acceptors (Lipinski definition) is 2. The van der Waals surface area contributed by atoms with Gasteiger partial charge in [0.15, 0.2) is 0 Å². The third kappa shape index (κ3) is 4.24. The van der Waals surface area contributed by atoms with Gasteiger partial charge in [-0.3, -0.25) is 0 Å². The van der Waals surface area contributed by atoms with E-state index < -0.39 is 0 Å². The highest BCUT2D eigenvalue weighted by Gasteiger charge is 2.21. The highest BCUT2D eigenvalue weighted by molar-refractivity contribution is 5.53. The quantitative estimate of drug-likeness (QED) is 0.762. The smallest absolute Gasteiger partial charge is 0.0414 e. The lowest BCUT2D eigenvalue weighted by Crippen LogP contribution is -2.48. The molecule has 0 aliphatic rings. The summed E-state index contributed by atoms with van der Waals surface area (Å²) in [7, 11) is 0. The number of para-hydroxylation sites is 1. The Morgan fingerprint density at radius 3 is 2.37 bits per heavy atom. The Morgan fingerprint density at radius 2 is 1.84 bits per heavy atom. The fraction of sp³-hybridized carbons (Fsp3) is 0.647. The minimum atomic E-state index is 0.516. The average molecular weight is 262 g/mol. The van der Waals surface area contributed by atoms with Crippen LogP contribution in [-0.4, -0.2) is 25.2 Å². The zero-order chi connectivity index (χ0) is 14.3. The standard InChI is InChI=1S/C17H30N2/c1-6-13-18-16(7-2)15(5)19(8-3)17-12-10-9-11-14(17)4/h9-12,15-16,18H,6-8,13H2,1-5H3. The molecular weight excluding hydrogens is 232 g/mol. The molecule has 0 bridgehead atoms. The molecule has 0 fully saturated rings. The first-order chi connectivity index (χ1) is 9.15. The zero-order valence-electron chi connectivity index (χ0n) is 13.2. The summed E-state index contributed by atoms with van der Waals surface area (Å²) in [5.74, 6) is 0. The van der Waals surface area contributed by atoms with Gasteiger partial charge in [0.05, 0.1) is 0 Å². The van der Waals surface area contributed by atoms with Crippen molar-refractivity contribution in [2.45, 2.75) is 59.5 Å². The van der Waals surface area contributed by atoms with Gasteiger partial charge >= 0.3 is 0 Å². The molecule has 2 nitrogen and oxygen atoms in total. The second-order valence-corrected chi connectivity index (χ2v) is 5.28. The average Bonchev–Trinajstić information content (AvgIpc) is 2.42. The molecule has 1 aromatic carbocycles. The summed E-state index contributed by atoms with van der Waals surface area (Å²) in [6, 6.07) is 9.76. The number of nitrogens with zero attached hydrogens (tertiary/aromatic N) is 1. The van der Waals surface area contributed by atoms with Gasteiger partial charge in [-0.25, -0.2) is 0 Å². The summed E-state index contributed by atoms with van der Waals surface area (Å²) in [6.07, 6.45) is 2.36. The predicted molar refractivity (Wildman–Crippen MR) is 86.0 cm³/mol. The van der Waals surface area contributed by atoms with Gasteiger partial charge < -0.3 is 10.2 Å². The molecule has 0 heterocycles. The third-order valence-electron chi connectivity index (χ3n) is 3.94. The molecule has 1 rings (SSSR count). The van der Waals surface area contributed by atoms with E-state index in [2.05, 4.69) is 69.1 Å². The maximum absolute atomic E-state index is 3.68. The van der Waals surface area contributed by atoms with Crippen molar-refractivity contribution in [3.8, 4) is 0 Å². The zero-order valence-corrected chi connectivity index (χ0v) is 13.2. The second-order valence-electron chi connectivity index (χ2n) is 5.28. The molecule has 2 unspecified atom stereocenters. The van der Waals surface area contributed by atoms with Crippen molar-refractivity contribution < 1.29 is 0 Å². The van der Waals surface area contributed by atoms with Crippen LogP contribution in [0.3, 0.4) is 0 Å². The first kappa shape index (κ1) is 16.0. The molecule has 2 atom stereocenters. The predicted octanol–water partition coefficient (Wildman–Crippen LogP) is 3.99. The highest BCUT2D eigenvalue weighted by Crippen LogP contribution is 2.23. The van der Waals surface area contributed by atoms with Crippen molar-refractivity contribution >= 4 is 5.69 Å². The molecule has 0 spiro atoms. The van der Waals surface area contributed by atoms with E-state index >= 15 is 0 Å². The van der Waals surface area contributed by atoms with E-state index in [-0.39, 0.29) is 0 Å². The summed E-state index contributed by atoms with van der Waals surface area (Å²) in [5.41, 5.74) is 2.73. The van der Waals surface area contributed by atoms with Crippen LogP contribution in [0.1, 0.15) is 46.1 Å². The molecule has 0 aliphatic heterocycles. The normalized spacial score (nSPS) is 14.2. The number of benzene rings is 1. The maximum atomic E-state index is 3.68. The van der Waals surface area contributed by atoms with Gasteiger partial charge in [0.25, 0.3) is 0 Å². The Balaban J connectivity index is 2.86. The topological polar surface area (TPSA) is 15.3 Å². The van der Waals surface area contributed by atoms with E-state index in [1.54, 1.807) is 0 Å². The number of likely N-dealkylation sites (N-methyl/N-ethyl adjacent to an activating group) is 1. The maximum Gasteiger partial charge on any atom is 0.0414 e. The van der Waals surface area contributed by atoms with E-state index in [9.17, 15) is 0 Å². The van der Waals surface area contributed by atoms with Gasteiger partial charge in [-0.1, -0.05) is 32.0 Å². The molecule has 2 heteroatoms. The van der Waals surface area contributed by atoms with Crippen LogP contribution < -0.4 is 10.2 Å². The minimum Gasteiger partial charge on any atom is -0.367 e. The molecule has 0 amide bonds. The Hall–Kier alpha value is -1.02. The third-order valence-corrected chi connectivity index (χ3v) is 3.94. The summed E-state index contributed by atoms with van der Waals surface area (Å²) < 4.78 is 0. The van der Waals surface area contributed by atoms with Crippen LogP contribution in [0, 0.1) is 6.92 Å². The molecular formula is C17H30N2. The Labute approximate surface area is 119 Å². The first-order valence-electron chi connectivity index (χ1n) is 7.71. The van der Waals surface area contributed by atoms with Crippen LogP contribution in [0.5, 0.6) is 0 Å². The first-order valence-corrected chi connectivity index (χ1v) is 7.71. The van der Waals surface area contributed by atoms with Gasteiger partial charge in [-0.15, -0.1) is 0 Å². The minimum absolute atomic E-state index is 0.516. The second kappa shape index (κ2) is 8.21. The molecule has 0 saturated carbocycles. The van der Waals surface area contributed by atoms with Crippen molar-refractivity contribution in [3.63, 3.8) is 0 Å². The monoisotopic (exact) mass is 262 g/mol. The van der Waals surface area contributed by atoms with Gasteiger partial charge in [-0.05, 0) is 51.8 Å². The van der Waals surface area contributed by atoms with Crippen molar-refractivity contribution in [2.24, 2.45) is 0 Å². The van der Waals surface area contributed by atoms with Crippen LogP contribution >= 0.6 is 0 Å². The van der Waals surface area contributed by atoms with E-state index in [4.69, 9.17) is 0 Å². The Kier molecular flexibility index (Phi) is 6.93. The van der Waals surface area contributed by atoms with Crippen LogP contribution in [0.25, 0.3) is 0 Å². The number of aryl methyl sites for hydroxylation is 1. The number of hydrogen-bond donors (Lipinski definition) is 1. The molecule has 0 aliphatic carbocycles. The Bertz CT molecular complexity index is 362. The van der Waals surface area contributed by atoms with Crippen LogP contribution in [0.2, 0.25) is 0 Å². The molecule has 19 heavy (non-hydrogen) atoms. The van der Waals surface area contributed by atoms with Crippen LogP contribution in [0.15, 0.2) is 24.3 Å². The van der Waals surface area contributed by atoms with Crippen LogP contribution in [-0.2, 0) is 0 Å². The van der Waals surface area contributed by atoms with Crippen LogP contribution in [0.4, 0.5) is 5.69 Å². The summed E-state index contributed by atoms with van der Waals surface area (Å²) in [6.45, 7) is 13.4. The van der Waals surface area contributed by atoms with Gasteiger partial charge in [0.1, 0.15) is 0 Å². The van der Waals surface area contributed by atoms with Gasteiger partial charge in [0, 0.05) is 24.3 Å². The number of anilines is 1. The molecule has 0 radical (unpaired) electrons. The van der Waals surface area contributed by atoms with Crippen molar-refractivity contribution in [1.82, 2.24) is 5.32 Å². The molecule has 1 N–H and O–H groups in total. The summed E-state index contributed by atoms with van der Waals surface area (Å²) in [4.78, 5) is 2.52. The molecule has 0 aromatic heterocycles. The summed E-state index contributed by atoms with van der Waals surface area (Å²) >= 11 is 0. The van der Waals surface area contributed by atoms with E-state index in [1.165, 1.54) is 24.1 Å². The van der Waals surface area contributed by atoms with Gasteiger partial charge in [-0.2, -0.15) is 0 Å². The van der Waals surface area contributed by atoms with Crippen molar-refractivity contribution in [3.05, 3.63) is 29.8 Å². The van der Waals surface area contributed by atoms with E-state index in [1.807, 2.05) is 0 Å². The largest absolute Gasteiger partial charge is 0.367 e. The molecule has 1 aromatic rings. The Morgan fingerprint density at radius 1 is 1.16 bits per heavy atom. The SMILES string of the molecule is CCCNC(CC)C(C)N(CC)c1ccccc1C. The number of rotatable bonds is 8. The summed E-state index contributed by atoms with van der Waals surface area (Å²) in [5, 5.41) is 3.68. The van der Waals surface area contributed by atoms with Crippen molar-refractivity contribution in [1.29, 1.82) is 0 Å². The number of nitrogens with one attached hydrogen (secondary N) is 1. The molecule has 0 saturated heterocycles. The fourth-order valence-electron chi connectivity index (χ4n) is 2.77. The highest BCUT2D eigenvalue weighted by atomic mass is 15.2. The van der Waals surface area contributed by atoms with Crippen molar-refractivity contribution in [2.75, 3.05) is 18.0 Å². The molecule has 108 valence electrons. The van der Waals surface area contributed by atoms with Gasteiger partial charge in [0.2, 0.25) is 0 Å². The lowest BCUT2D eigenvalue weighted by Gasteiger charge is -2.37. The van der Waals surface area contributed by atoms with E-state index in [0.29, 0.717) is 12.1 Å². The van der Waals surface area contributed by atoms with E-state index in [0.717, 1.165) is 13.1 Å². The lowest BCUT2D eigenvalue weighted by molar-refractivity contribution is 0.417. The fourth-order valence-corrected chi connectivity index (χ4v) is 2.77.